The molecule has 8 heteroatoms. The lowest BCUT2D eigenvalue weighted by Gasteiger charge is -2.50. The Morgan fingerprint density at radius 3 is 2.42 bits per heavy atom. The quantitative estimate of drug-likeness (QED) is 0.300. The number of rotatable bonds is 7. The first-order chi connectivity index (χ1) is 15.4. The molecule has 2 aliphatic heterocycles. The van der Waals surface area contributed by atoms with Gasteiger partial charge in [-0.15, -0.1) is 24.0 Å². The molecule has 186 valence electrons. The van der Waals surface area contributed by atoms with Gasteiger partial charge in [0.25, 0.3) is 5.91 Å². The van der Waals surface area contributed by atoms with Crippen molar-refractivity contribution in [3.05, 3.63) is 35.4 Å². The lowest BCUT2D eigenvalue weighted by atomic mass is 9.84. The van der Waals surface area contributed by atoms with Gasteiger partial charge in [0, 0.05) is 45.3 Å². The van der Waals surface area contributed by atoms with Crippen molar-refractivity contribution in [3.63, 3.8) is 0 Å². The van der Waals surface area contributed by atoms with Crippen LogP contribution in [0.25, 0.3) is 0 Å². The van der Waals surface area contributed by atoms with Crippen LogP contribution in [0.2, 0.25) is 0 Å². The maximum absolute atomic E-state index is 12.2. The molecule has 0 bridgehead atoms. The van der Waals surface area contributed by atoms with Crippen molar-refractivity contribution in [2.75, 3.05) is 67.5 Å². The highest BCUT2D eigenvalue weighted by atomic mass is 127. The SMILES string of the molecule is CN=C(NCCc1cccc(C(=O)N(C)C)c1)NCC1(N2CCCCC2)CCN(C)CC1.I. The number of carbonyl (C=O) groups is 1. The molecule has 0 atom stereocenters. The van der Waals surface area contributed by atoms with E-state index in [0.717, 1.165) is 49.7 Å². The van der Waals surface area contributed by atoms with Crippen LogP contribution in [0.5, 0.6) is 0 Å². The Balaban J connectivity index is 0.00000385. The van der Waals surface area contributed by atoms with Gasteiger partial charge < -0.3 is 20.4 Å². The maximum Gasteiger partial charge on any atom is 0.253 e. The van der Waals surface area contributed by atoms with Crippen LogP contribution in [0.1, 0.15) is 48.0 Å². The van der Waals surface area contributed by atoms with E-state index in [-0.39, 0.29) is 35.4 Å². The first-order valence-electron chi connectivity index (χ1n) is 12.1. The zero-order valence-corrected chi connectivity index (χ0v) is 23.2. The molecule has 1 aromatic rings. The number of hydrogen-bond acceptors (Lipinski definition) is 4. The molecule has 2 N–H and O–H groups in total. The second-order valence-corrected chi connectivity index (χ2v) is 9.58. The van der Waals surface area contributed by atoms with E-state index < -0.39 is 0 Å². The number of nitrogens with one attached hydrogen (secondary N) is 2. The van der Waals surface area contributed by atoms with E-state index in [0.29, 0.717) is 0 Å². The minimum atomic E-state index is 0. The van der Waals surface area contributed by atoms with Crippen molar-refractivity contribution in [3.8, 4) is 0 Å². The Bertz CT molecular complexity index is 770. The Hall–Kier alpha value is -1.39. The van der Waals surface area contributed by atoms with E-state index in [9.17, 15) is 4.79 Å². The third-order valence-corrected chi connectivity index (χ3v) is 7.04. The largest absolute Gasteiger partial charge is 0.356 e. The number of piperidine rings is 2. The molecule has 0 unspecified atom stereocenters. The number of carbonyl (C=O) groups excluding carboxylic acids is 1. The monoisotopic (exact) mass is 570 g/mol. The van der Waals surface area contributed by atoms with Gasteiger partial charge in [-0.1, -0.05) is 18.6 Å². The molecule has 2 aliphatic rings. The fourth-order valence-corrected chi connectivity index (χ4v) is 4.92. The molecule has 0 spiro atoms. The summed E-state index contributed by atoms with van der Waals surface area (Å²) in [6.45, 7) is 6.48. The van der Waals surface area contributed by atoms with Crippen LogP contribution in [0.3, 0.4) is 0 Å². The highest BCUT2D eigenvalue weighted by Gasteiger charge is 2.39. The van der Waals surface area contributed by atoms with E-state index in [2.05, 4.69) is 38.5 Å². The van der Waals surface area contributed by atoms with Gasteiger partial charge in [-0.3, -0.25) is 14.7 Å². The molecule has 3 rings (SSSR count). The zero-order valence-electron chi connectivity index (χ0n) is 20.9. The number of halogens is 1. The third kappa shape index (κ3) is 7.82. The van der Waals surface area contributed by atoms with Gasteiger partial charge in [-0.2, -0.15) is 0 Å². The Morgan fingerprint density at radius 2 is 1.79 bits per heavy atom. The standard InChI is InChI=1S/C25H42N6O.HI/c1-26-24(27-14-11-21-9-8-10-22(19-21)23(32)29(2)3)28-20-25(12-17-30(4)18-13-25)31-15-6-5-7-16-31;/h8-10,19H,5-7,11-18,20H2,1-4H3,(H2,26,27,28);1H. The van der Waals surface area contributed by atoms with E-state index in [1.807, 2.05) is 25.2 Å². The fourth-order valence-electron chi connectivity index (χ4n) is 4.92. The second-order valence-electron chi connectivity index (χ2n) is 9.58. The lowest BCUT2D eigenvalue weighted by molar-refractivity contribution is 0.0173. The molecule has 0 saturated carbocycles. The Kier molecular flexibility index (Phi) is 11.4. The zero-order chi connectivity index (χ0) is 23.0. The normalized spacial score (nSPS) is 19.5. The molecular weight excluding hydrogens is 527 g/mol. The molecular formula is C25H43IN6O. The van der Waals surface area contributed by atoms with Gasteiger partial charge in [0.15, 0.2) is 5.96 Å². The third-order valence-electron chi connectivity index (χ3n) is 7.04. The molecule has 33 heavy (non-hydrogen) atoms. The van der Waals surface area contributed by atoms with Crippen molar-refractivity contribution < 1.29 is 4.79 Å². The van der Waals surface area contributed by atoms with Crippen molar-refractivity contribution >= 4 is 35.8 Å². The smallest absolute Gasteiger partial charge is 0.253 e. The number of aliphatic imine (C=N–C) groups is 1. The van der Waals surface area contributed by atoms with Gasteiger partial charge in [-0.25, -0.2) is 0 Å². The molecule has 1 amide bonds. The summed E-state index contributed by atoms with van der Waals surface area (Å²) in [5, 5.41) is 7.11. The number of amides is 1. The molecule has 7 nitrogen and oxygen atoms in total. The average molecular weight is 571 g/mol. The second kappa shape index (κ2) is 13.5. The fraction of sp³-hybridized carbons (Fsp3) is 0.680. The number of likely N-dealkylation sites (tertiary alicyclic amines) is 2. The summed E-state index contributed by atoms with van der Waals surface area (Å²) in [4.78, 5) is 23.5. The van der Waals surface area contributed by atoms with Crippen LogP contribution < -0.4 is 10.6 Å². The van der Waals surface area contributed by atoms with Crippen LogP contribution in [0.4, 0.5) is 0 Å². The highest BCUT2D eigenvalue weighted by molar-refractivity contribution is 14.0. The van der Waals surface area contributed by atoms with E-state index in [4.69, 9.17) is 0 Å². The average Bonchev–Trinajstić information content (AvgIpc) is 2.82. The summed E-state index contributed by atoms with van der Waals surface area (Å²) in [7, 11) is 7.64. The first-order valence-corrected chi connectivity index (χ1v) is 12.1. The van der Waals surface area contributed by atoms with Gasteiger partial charge in [-0.05, 0) is 83.0 Å². The number of guanidine groups is 1. The Morgan fingerprint density at radius 1 is 1.09 bits per heavy atom. The molecule has 2 fully saturated rings. The predicted octanol–water partition coefficient (Wildman–Crippen LogP) is 2.66. The van der Waals surface area contributed by atoms with E-state index in [1.54, 1.807) is 19.0 Å². The van der Waals surface area contributed by atoms with Crippen LogP contribution in [-0.4, -0.2) is 99.6 Å². The Labute approximate surface area is 217 Å². The molecule has 2 saturated heterocycles. The molecule has 2 heterocycles. The van der Waals surface area contributed by atoms with Crippen molar-refractivity contribution in [1.29, 1.82) is 0 Å². The number of nitrogens with zero attached hydrogens (tertiary/aromatic N) is 4. The predicted molar refractivity (Wildman–Crippen MR) is 148 cm³/mol. The van der Waals surface area contributed by atoms with Crippen molar-refractivity contribution in [1.82, 2.24) is 25.3 Å². The van der Waals surface area contributed by atoms with Gasteiger partial charge in [0.05, 0.1) is 0 Å². The minimum Gasteiger partial charge on any atom is -0.356 e. The van der Waals surface area contributed by atoms with Crippen LogP contribution in [0, 0.1) is 0 Å². The van der Waals surface area contributed by atoms with Crippen LogP contribution >= 0.6 is 24.0 Å². The number of hydrogen-bond donors (Lipinski definition) is 2. The molecule has 0 aliphatic carbocycles. The molecule has 0 aromatic heterocycles. The van der Waals surface area contributed by atoms with Crippen LogP contribution in [0.15, 0.2) is 29.3 Å². The van der Waals surface area contributed by atoms with Crippen molar-refractivity contribution in [2.24, 2.45) is 4.99 Å². The summed E-state index contributed by atoms with van der Waals surface area (Å²) in [5.74, 6) is 0.902. The topological polar surface area (TPSA) is 63.2 Å². The summed E-state index contributed by atoms with van der Waals surface area (Å²) >= 11 is 0. The summed E-state index contributed by atoms with van der Waals surface area (Å²) in [6, 6.07) is 7.90. The summed E-state index contributed by atoms with van der Waals surface area (Å²) in [6.07, 6.45) is 7.27. The van der Waals surface area contributed by atoms with Gasteiger partial charge in [0.2, 0.25) is 0 Å². The molecule has 0 radical (unpaired) electrons. The molecule has 1 aromatic carbocycles. The lowest BCUT2D eigenvalue weighted by Crippen LogP contribution is -2.62. The van der Waals surface area contributed by atoms with E-state index in [1.165, 1.54) is 45.2 Å². The van der Waals surface area contributed by atoms with E-state index >= 15 is 0 Å². The maximum atomic E-state index is 12.2. The van der Waals surface area contributed by atoms with Gasteiger partial charge >= 0.3 is 0 Å². The number of benzene rings is 1. The van der Waals surface area contributed by atoms with Crippen molar-refractivity contribution in [2.45, 2.75) is 44.1 Å². The highest BCUT2D eigenvalue weighted by Crippen LogP contribution is 2.30. The summed E-state index contributed by atoms with van der Waals surface area (Å²) in [5.41, 5.74) is 2.12. The van der Waals surface area contributed by atoms with Gasteiger partial charge in [0.1, 0.15) is 0 Å². The minimum absolute atomic E-state index is 0. The summed E-state index contributed by atoms with van der Waals surface area (Å²) < 4.78 is 0. The van der Waals surface area contributed by atoms with Crippen LogP contribution in [-0.2, 0) is 6.42 Å². The first kappa shape index (κ1) is 27.9.